The van der Waals surface area contributed by atoms with E-state index >= 15 is 0 Å². The Bertz CT molecular complexity index is 849. The highest BCUT2D eigenvalue weighted by Crippen LogP contribution is 2.56. The molecule has 6 nitrogen and oxygen atoms in total. The minimum Gasteiger partial charge on any atom is -0.508 e. The number of phenolic OH excluding ortho intramolecular Hbond substituents is 1. The molecule has 0 saturated heterocycles. The zero-order valence-corrected chi connectivity index (χ0v) is 21.7. The van der Waals surface area contributed by atoms with Gasteiger partial charge >= 0.3 is 0 Å². The molecular weight excluding hydrogens is 430 g/mol. The van der Waals surface area contributed by atoms with Crippen molar-refractivity contribution in [1.82, 2.24) is 5.32 Å². The summed E-state index contributed by atoms with van der Waals surface area (Å²) in [4.78, 5) is 12.8. The van der Waals surface area contributed by atoms with Crippen LogP contribution in [0.1, 0.15) is 103 Å². The van der Waals surface area contributed by atoms with Gasteiger partial charge in [0.2, 0.25) is 5.91 Å². The molecule has 0 aromatic heterocycles. The highest BCUT2D eigenvalue weighted by Gasteiger charge is 2.49. The number of carbonyl (C=O) groups excluding carboxylic acids is 1. The number of unbranched alkanes of at least 4 members (excludes halogenated alkanes) is 3. The number of hydrogen-bond acceptors (Lipinski definition) is 5. The first kappa shape index (κ1) is 26.8. The number of carbonyl (C=O) groups is 1. The van der Waals surface area contributed by atoms with Crippen LogP contribution < -0.4 is 10.1 Å². The number of fused-ring (bicyclic) bond motifs is 3. The quantitative estimate of drug-likeness (QED) is 0.365. The molecule has 1 amide bonds. The first-order valence-corrected chi connectivity index (χ1v) is 13.1. The van der Waals surface area contributed by atoms with Crippen LogP contribution in [-0.2, 0) is 10.2 Å². The number of ether oxygens (including phenoxy) is 1. The van der Waals surface area contributed by atoms with Crippen LogP contribution in [0, 0.1) is 11.8 Å². The fourth-order valence-electron chi connectivity index (χ4n) is 5.94. The third-order valence-corrected chi connectivity index (χ3v) is 8.14. The van der Waals surface area contributed by atoms with E-state index < -0.39 is 6.10 Å². The number of aromatic hydroxyl groups is 1. The molecule has 0 bridgehead atoms. The second-order valence-electron chi connectivity index (χ2n) is 11.6. The molecule has 0 unspecified atom stereocenters. The monoisotopic (exact) mass is 475 g/mol. The van der Waals surface area contributed by atoms with Gasteiger partial charge in [0, 0.05) is 23.9 Å². The zero-order valence-electron chi connectivity index (χ0n) is 21.7. The number of aliphatic hydroxyl groups is 2. The molecule has 3 rings (SSSR count). The van der Waals surface area contributed by atoms with Crippen LogP contribution in [0.4, 0.5) is 0 Å². The van der Waals surface area contributed by atoms with Gasteiger partial charge in [-0.2, -0.15) is 0 Å². The van der Waals surface area contributed by atoms with Crippen molar-refractivity contribution < 1.29 is 24.9 Å². The summed E-state index contributed by atoms with van der Waals surface area (Å²) in [5.41, 5.74) is 1.48. The molecule has 2 aliphatic rings. The Morgan fingerprint density at radius 2 is 1.97 bits per heavy atom. The number of nitrogens with one attached hydrogen (secondary N) is 1. The molecule has 1 aliphatic heterocycles. The Morgan fingerprint density at radius 3 is 2.65 bits per heavy atom. The molecule has 1 aliphatic carbocycles. The molecule has 192 valence electrons. The summed E-state index contributed by atoms with van der Waals surface area (Å²) in [7, 11) is 0. The second-order valence-corrected chi connectivity index (χ2v) is 11.6. The van der Waals surface area contributed by atoms with Gasteiger partial charge in [-0.05, 0) is 68.6 Å². The van der Waals surface area contributed by atoms with E-state index in [1.54, 1.807) is 0 Å². The summed E-state index contributed by atoms with van der Waals surface area (Å²) in [5.74, 6) is 0.985. The summed E-state index contributed by atoms with van der Waals surface area (Å²) in [6.45, 7) is 10.6. The minimum atomic E-state index is -0.948. The van der Waals surface area contributed by atoms with E-state index in [2.05, 4.69) is 46.0 Å². The summed E-state index contributed by atoms with van der Waals surface area (Å²) >= 11 is 0. The fourth-order valence-corrected chi connectivity index (χ4v) is 5.94. The molecule has 4 atom stereocenters. The van der Waals surface area contributed by atoms with Gasteiger partial charge in [0.1, 0.15) is 17.1 Å². The molecule has 6 heteroatoms. The van der Waals surface area contributed by atoms with Crippen LogP contribution in [0.5, 0.6) is 11.5 Å². The van der Waals surface area contributed by atoms with Gasteiger partial charge in [0.05, 0.1) is 12.7 Å². The van der Waals surface area contributed by atoms with E-state index in [1.807, 2.05) is 6.07 Å². The Labute approximate surface area is 205 Å². The third kappa shape index (κ3) is 5.88. The number of benzene rings is 1. The van der Waals surface area contributed by atoms with Crippen LogP contribution in [0.3, 0.4) is 0 Å². The van der Waals surface area contributed by atoms with Crippen molar-refractivity contribution in [3.8, 4) is 11.5 Å². The molecule has 1 aromatic carbocycles. The predicted molar refractivity (Wildman–Crippen MR) is 134 cm³/mol. The predicted octanol–water partition coefficient (Wildman–Crippen LogP) is 4.78. The maximum absolute atomic E-state index is 12.8. The van der Waals surface area contributed by atoms with Crippen molar-refractivity contribution in [1.29, 1.82) is 0 Å². The molecule has 1 fully saturated rings. The van der Waals surface area contributed by atoms with Gasteiger partial charge in [-0.25, -0.2) is 0 Å². The lowest BCUT2D eigenvalue weighted by atomic mass is 9.63. The summed E-state index contributed by atoms with van der Waals surface area (Å²) < 4.78 is 6.52. The first-order valence-electron chi connectivity index (χ1n) is 13.1. The second kappa shape index (κ2) is 10.9. The molecule has 1 saturated carbocycles. The van der Waals surface area contributed by atoms with Crippen molar-refractivity contribution in [3.63, 3.8) is 0 Å². The standard InChI is InChI=1S/C28H45NO5/c1-6-7-8-9-12-27(2,3)19-14-23(32)25-21-13-18(26(33)29-16-20(31)17-30)10-11-22(21)28(4,5)34-24(25)15-19/h14-15,18,20-22,30-32H,6-13,16-17H2,1-5H3,(H,29,33)/t18-,20+,21+,22+/m0/s1. The van der Waals surface area contributed by atoms with Crippen LogP contribution >= 0.6 is 0 Å². The van der Waals surface area contributed by atoms with E-state index in [1.165, 1.54) is 19.3 Å². The molecule has 1 heterocycles. The van der Waals surface area contributed by atoms with E-state index in [-0.39, 0.29) is 53.6 Å². The van der Waals surface area contributed by atoms with E-state index in [0.717, 1.165) is 42.6 Å². The van der Waals surface area contributed by atoms with Crippen molar-refractivity contribution in [2.24, 2.45) is 11.8 Å². The minimum absolute atomic E-state index is 0.0349. The Morgan fingerprint density at radius 1 is 1.24 bits per heavy atom. The van der Waals surface area contributed by atoms with E-state index in [4.69, 9.17) is 9.84 Å². The van der Waals surface area contributed by atoms with Crippen molar-refractivity contribution >= 4 is 5.91 Å². The lowest BCUT2D eigenvalue weighted by Crippen LogP contribution is -2.49. The van der Waals surface area contributed by atoms with Gasteiger partial charge in [-0.3, -0.25) is 4.79 Å². The smallest absolute Gasteiger partial charge is 0.223 e. The lowest BCUT2D eigenvalue weighted by Gasteiger charge is -2.49. The Kier molecular flexibility index (Phi) is 8.56. The maximum atomic E-state index is 12.8. The number of amides is 1. The summed E-state index contributed by atoms with van der Waals surface area (Å²) in [5, 5.41) is 32.6. The molecule has 0 radical (unpaired) electrons. The van der Waals surface area contributed by atoms with Gasteiger partial charge in [-0.15, -0.1) is 0 Å². The molecule has 1 aromatic rings. The van der Waals surface area contributed by atoms with Crippen molar-refractivity contribution in [2.45, 2.75) is 109 Å². The highest BCUT2D eigenvalue weighted by atomic mass is 16.5. The van der Waals surface area contributed by atoms with Gasteiger partial charge in [0.15, 0.2) is 0 Å². The number of hydrogen-bond donors (Lipinski definition) is 4. The molecule has 0 spiro atoms. The van der Waals surface area contributed by atoms with Crippen LogP contribution in [-0.4, -0.2) is 46.1 Å². The maximum Gasteiger partial charge on any atom is 0.223 e. The van der Waals surface area contributed by atoms with Crippen molar-refractivity contribution in [3.05, 3.63) is 23.3 Å². The highest BCUT2D eigenvalue weighted by molar-refractivity contribution is 5.79. The molecular formula is C28H45NO5. The SMILES string of the molecule is CCCCCCC(C)(C)c1cc(O)c2c(c1)OC(C)(C)[C@@H]1CC[C@H](C(=O)NC[C@@H](O)CO)C[C@@H]21. The Hall–Kier alpha value is -1.79. The van der Waals surface area contributed by atoms with E-state index in [0.29, 0.717) is 6.42 Å². The summed E-state index contributed by atoms with van der Waals surface area (Å²) in [6, 6.07) is 4.03. The lowest BCUT2D eigenvalue weighted by molar-refractivity contribution is -0.128. The average Bonchev–Trinajstić information content (AvgIpc) is 2.78. The normalized spacial score (nSPS) is 24.5. The number of phenols is 1. The van der Waals surface area contributed by atoms with Gasteiger partial charge in [0.25, 0.3) is 0 Å². The fraction of sp³-hybridized carbons (Fsp3) is 0.750. The number of aliphatic hydroxyl groups excluding tert-OH is 2. The van der Waals surface area contributed by atoms with Crippen LogP contribution in [0.15, 0.2) is 12.1 Å². The molecule has 34 heavy (non-hydrogen) atoms. The van der Waals surface area contributed by atoms with Gasteiger partial charge in [-0.1, -0.05) is 46.5 Å². The largest absolute Gasteiger partial charge is 0.508 e. The van der Waals surface area contributed by atoms with Crippen molar-refractivity contribution in [2.75, 3.05) is 13.2 Å². The van der Waals surface area contributed by atoms with E-state index in [9.17, 15) is 15.0 Å². The Balaban J connectivity index is 1.84. The molecule has 4 N–H and O–H groups in total. The summed E-state index contributed by atoms with van der Waals surface area (Å²) in [6.07, 6.45) is 7.18. The topological polar surface area (TPSA) is 99.0 Å². The van der Waals surface area contributed by atoms with Crippen LogP contribution in [0.25, 0.3) is 0 Å². The third-order valence-electron chi connectivity index (χ3n) is 8.14. The average molecular weight is 476 g/mol. The first-order chi connectivity index (χ1) is 16.0. The van der Waals surface area contributed by atoms with Crippen LogP contribution in [0.2, 0.25) is 0 Å². The van der Waals surface area contributed by atoms with Gasteiger partial charge < -0.3 is 25.4 Å². The number of rotatable bonds is 10. The zero-order chi connectivity index (χ0) is 25.1.